The summed E-state index contributed by atoms with van der Waals surface area (Å²) in [6, 6.07) is 0. The average Bonchev–Trinajstić information content (AvgIpc) is 2.00. The first-order valence-corrected chi connectivity index (χ1v) is 6.85. The third-order valence-electron chi connectivity index (χ3n) is 2.95. The maximum Gasteiger partial charge on any atom is 0.0329 e. The Balaban J connectivity index is 1.90. The van der Waals surface area contributed by atoms with E-state index in [-0.39, 0.29) is 0 Å². The average molecular weight is 203 g/mol. The summed E-state index contributed by atoms with van der Waals surface area (Å²) in [5.74, 6) is 0.933. The van der Waals surface area contributed by atoms with E-state index in [1.54, 1.807) is 6.26 Å². The predicted molar refractivity (Wildman–Crippen MR) is 58.4 cm³/mol. The topological polar surface area (TPSA) is 29.1 Å². The molecule has 0 aliphatic heterocycles. The van der Waals surface area contributed by atoms with Crippen molar-refractivity contribution in [2.24, 2.45) is 5.92 Å². The van der Waals surface area contributed by atoms with E-state index in [1.807, 2.05) is 0 Å². The number of hydrogen-bond donors (Lipinski definition) is 1. The van der Waals surface area contributed by atoms with Crippen LogP contribution in [0, 0.1) is 5.92 Å². The van der Waals surface area contributed by atoms with Gasteiger partial charge in [-0.1, -0.05) is 13.3 Å². The molecule has 78 valence electrons. The molecule has 13 heavy (non-hydrogen) atoms. The van der Waals surface area contributed by atoms with Crippen molar-refractivity contribution in [2.75, 3.05) is 19.3 Å². The molecule has 0 aromatic heterocycles. The fourth-order valence-corrected chi connectivity index (χ4v) is 1.92. The Labute approximate surface area is 83.9 Å². The van der Waals surface area contributed by atoms with Gasteiger partial charge in [-0.2, -0.15) is 0 Å². The van der Waals surface area contributed by atoms with Crippen LogP contribution in [0.1, 0.15) is 32.6 Å². The van der Waals surface area contributed by atoms with Gasteiger partial charge in [0.15, 0.2) is 0 Å². The first-order valence-electron chi connectivity index (χ1n) is 5.23. The van der Waals surface area contributed by atoms with Crippen molar-refractivity contribution in [1.82, 2.24) is 5.32 Å². The van der Waals surface area contributed by atoms with E-state index < -0.39 is 10.8 Å². The van der Waals surface area contributed by atoms with Crippen LogP contribution in [0.3, 0.4) is 0 Å². The van der Waals surface area contributed by atoms with E-state index in [0.29, 0.717) is 5.25 Å². The van der Waals surface area contributed by atoms with Gasteiger partial charge in [-0.05, 0) is 38.3 Å². The van der Waals surface area contributed by atoms with Gasteiger partial charge in [0.2, 0.25) is 0 Å². The minimum atomic E-state index is -0.652. The fourth-order valence-electron chi connectivity index (χ4n) is 1.47. The molecule has 2 unspecified atom stereocenters. The Morgan fingerprint density at radius 3 is 2.69 bits per heavy atom. The molecule has 0 spiro atoms. The molecule has 0 saturated heterocycles. The molecule has 3 heteroatoms. The minimum absolute atomic E-state index is 0.342. The van der Waals surface area contributed by atoms with Gasteiger partial charge in [-0.25, -0.2) is 0 Å². The first kappa shape index (κ1) is 11.2. The quantitative estimate of drug-likeness (QED) is 0.663. The maximum atomic E-state index is 11.0. The summed E-state index contributed by atoms with van der Waals surface area (Å²) >= 11 is 0. The van der Waals surface area contributed by atoms with Crippen LogP contribution in [0.2, 0.25) is 0 Å². The minimum Gasteiger partial charge on any atom is -0.316 e. The van der Waals surface area contributed by atoms with Crippen LogP contribution in [0.25, 0.3) is 0 Å². The first-order chi connectivity index (χ1) is 6.20. The summed E-state index contributed by atoms with van der Waals surface area (Å²) in [6.07, 6.45) is 7.05. The Morgan fingerprint density at radius 1 is 1.54 bits per heavy atom. The van der Waals surface area contributed by atoms with Gasteiger partial charge in [0.25, 0.3) is 0 Å². The van der Waals surface area contributed by atoms with Gasteiger partial charge in [-0.15, -0.1) is 0 Å². The maximum absolute atomic E-state index is 11.0. The highest BCUT2D eigenvalue weighted by atomic mass is 32.2. The van der Waals surface area contributed by atoms with Crippen molar-refractivity contribution in [1.29, 1.82) is 0 Å². The Hall–Kier alpha value is 0.110. The molecule has 0 aromatic carbocycles. The van der Waals surface area contributed by atoms with Crippen molar-refractivity contribution < 1.29 is 4.21 Å². The van der Waals surface area contributed by atoms with E-state index in [2.05, 4.69) is 12.2 Å². The third-order valence-corrected chi connectivity index (χ3v) is 4.32. The molecule has 0 amide bonds. The van der Waals surface area contributed by atoms with Crippen LogP contribution < -0.4 is 5.32 Å². The Morgan fingerprint density at radius 2 is 2.23 bits per heavy atom. The molecule has 2 atom stereocenters. The smallest absolute Gasteiger partial charge is 0.0329 e. The summed E-state index contributed by atoms with van der Waals surface area (Å²) in [6.45, 7) is 4.25. The lowest BCUT2D eigenvalue weighted by atomic mass is 9.85. The third kappa shape index (κ3) is 4.23. The van der Waals surface area contributed by atoms with Crippen LogP contribution >= 0.6 is 0 Å². The molecule has 0 heterocycles. The van der Waals surface area contributed by atoms with E-state index >= 15 is 0 Å². The second-order valence-electron chi connectivity index (χ2n) is 4.10. The summed E-state index contributed by atoms with van der Waals surface area (Å²) in [7, 11) is -0.652. The summed E-state index contributed by atoms with van der Waals surface area (Å²) in [5, 5.41) is 3.78. The lowest BCUT2D eigenvalue weighted by Gasteiger charge is -2.25. The van der Waals surface area contributed by atoms with Crippen LogP contribution in [0.5, 0.6) is 0 Å². The van der Waals surface area contributed by atoms with E-state index in [0.717, 1.165) is 18.9 Å². The molecule has 0 radical (unpaired) electrons. The number of nitrogens with one attached hydrogen (secondary N) is 1. The van der Waals surface area contributed by atoms with Crippen molar-refractivity contribution >= 4 is 10.8 Å². The zero-order valence-corrected chi connectivity index (χ0v) is 9.53. The molecular formula is C10H21NOS. The zero-order chi connectivity index (χ0) is 9.68. The monoisotopic (exact) mass is 203 g/mol. The second kappa shape index (κ2) is 5.76. The van der Waals surface area contributed by atoms with Gasteiger partial charge in [0.05, 0.1) is 0 Å². The van der Waals surface area contributed by atoms with E-state index in [1.165, 1.54) is 25.8 Å². The molecular weight excluding hydrogens is 182 g/mol. The molecule has 1 rings (SSSR count). The highest BCUT2D eigenvalue weighted by Gasteiger charge is 2.16. The zero-order valence-electron chi connectivity index (χ0n) is 8.71. The molecule has 1 N–H and O–H groups in total. The lowest BCUT2D eigenvalue weighted by molar-refractivity contribution is 0.302. The SMILES string of the molecule is CC(CCNCC1CCC1)S(C)=O. The summed E-state index contributed by atoms with van der Waals surface area (Å²) in [5.41, 5.74) is 0. The van der Waals surface area contributed by atoms with Crippen molar-refractivity contribution in [2.45, 2.75) is 37.9 Å². The fraction of sp³-hybridized carbons (Fsp3) is 1.00. The molecule has 0 bridgehead atoms. The standard InChI is InChI=1S/C10H21NOS/c1-9(13(2)12)6-7-11-8-10-4-3-5-10/h9-11H,3-8H2,1-2H3. The highest BCUT2D eigenvalue weighted by molar-refractivity contribution is 7.84. The number of rotatable bonds is 6. The van der Waals surface area contributed by atoms with Crippen molar-refractivity contribution in [3.63, 3.8) is 0 Å². The molecule has 1 saturated carbocycles. The van der Waals surface area contributed by atoms with E-state index in [9.17, 15) is 4.21 Å². The van der Waals surface area contributed by atoms with Crippen LogP contribution in [-0.2, 0) is 10.8 Å². The Kier molecular flexibility index (Phi) is 4.96. The van der Waals surface area contributed by atoms with Crippen LogP contribution in [-0.4, -0.2) is 28.8 Å². The summed E-state index contributed by atoms with van der Waals surface area (Å²) in [4.78, 5) is 0. The molecule has 1 fully saturated rings. The predicted octanol–water partition coefficient (Wildman–Crippen LogP) is 1.53. The molecule has 1 aliphatic carbocycles. The van der Waals surface area contributed by atoms with Crippen molar-refractivity contribution in [3.8, 4) is 0 Å². The van der Waals surface area contributed by atoms with Gasteiger partial charge < -0.3 is 5.32 Å². The van der Waals surface area contributed by atoms with Crippen LogP contribution in [0.15, 0.2) is 0 Å². The molecule has 2 nitrogen and oxygen atoms in total. The number of hydrogen-bond acceptors (Lipinski definition) is 2. The molecule has 0 aromatic rings. The normalized spacial score (nSPS) is 22.3. The second-order valence-corrected chi connectivity index (χ2v) is 5.90. The van der Waals surface area contributed by atoms with Gasteiger partial charge in [-0.3, -0.25) is 4.21 Å². The van der Waals surface area contributed by atoms with Gasteiger partial charge >= 0.3 is 0 Å². The lowest BCUT2D eigenvalue weighted by Crippen LogP contribution is -2.29. The largest absolute Gasteiger partial charge is 0.316 e. The molecule has 1 aliphatic rings. The van der Waals surface area contributed by atoms with Gasteiger partial charge in [0, 0.05) is 22.3 Å². The summed E-state index contributed by atoms with van der Waals surface area (Å²) < 4.78 is 11.0. The van der Waals surface area contributed by atoms with Gasteiger partial charge in [0.1, 0.15) is 0 Å². The Bertz CT molecular complexity index is 168. The van der Waals surface area contributed by atoms with Crippen LogP contribution in [0.4, 0.5) is 0 Å². The van der Waals surface area contributed by atoms with E-state index in [4.69, 9.17) is 0 Å². The van der Waals surface area contributed by atoms with Crippen molar-refractivity contribution in [3.05, 3.63) is 0 Å². The highest BCUT2D eigenvalue weighted by Crippen LogP contribution is 2.24.